The first-order chi connectivity index (χ1) is 20.6. The lowest BCUT2D eigenvalue weighted by atomic mass is 9.85. The van der Waals surface area contributed by atoms with Crippen LogP contribution >= 0.6 is 0 Å². The summed E-state index contributed by atoms with van der Waals surface area (Å²) in [6.07, 6.45) is 3.33. The van der Waals surface area contributed by atoms with E-state index in [0.29, 0.717) is 5.82 Å². The number of rotatable bonds is 6. The fourth-order valence-corrected chi connectivity index (χ4v) is 5.57. The molecule has 9 heteroatoms. The molecule has 43 heavy (non-hydrogen) atoms. The normalized spacial score (nSPS) is 16.7. The molecule has 2 N–H and O–H groups in total. The molecule has 5 aromatic rings. The van der Waals surface area contributed by atoms with Crippen molar-refractivity contribution in [1.82, 2.24) is 29.7 Å². The Morgan fingerprint density at radius 2 is 1.72 bits per heavy atom. The van der Waals surface area contributed by atoms with Gasteiger partial charge in [0.1, 0.15) is 23.5 Å². The highest BCUT2D eigenvalue weighted by molar-refractivity contribution is 5.89. The van der Waals surface area contributed by atoms with E-state index in [4.69, 9.17) is 9.84 Å². The van der Waals surface area contributed by atoms with Crippen LogP contribution in [0.1, 0.15) is 93.7 Å². The third kappa shape index (κ3) is 5.84. The van der Waals surface area contributed by atoms with Crippen molar-refractivity contribution in [2.45, 2.75) is 77.9 Å². The quantitative estimate of drug-likeness (QED) is 0.219. The van der Waals surface area contributed by atoms with Gasteiger partial charge in [0, 0.05) is 17.4 Å². The second-order valence-corrected chi connectivity index (χ2v) is 12.7. The van der Waals surface area contributed by atoms with Crippen molar-refractivity contribution in [3.8, 4) is 11.4 Å². The van der Waals surface area contributed by atoms with Crippen molar-refractivity contribution in [3.05, 3.63) is 101 Å². The summed E-state index contributed by atoms with van der Waals surface area (Å²) >= 11 is 0. The van der Waals surface area contributed by atoms with Crippen molar-refractivity contribution < 1.29 is 9.53 Å². The Bertz CT molecular complexity index is 1760. The number of nitrogens with one attached hydrogen (secondary N) is 2. The third-order valence-corrected chi connectivity index (χ3v) is 7.94. The maximum atomic E-state index is 13.4. The molecule has 0 unspecified atom stereocenters. The molecular formula is C34H39N7O2. The number of carbonyl (C=O) groups is 1. The van der Waals surface area contributed by atoms with Gasteiger partial charge in [0.05, 0.1) is 23.6 Å². The van der Waals surface area contributed by atoms with E-state index < -0.39 is 0 Å². The zero-order chi connectivity index (χ0) is 30.3. The Labute approximate surface area is 252 Å². The Hall–Kier alpha value is -4.66. The Morgan fingerprint density at radius 1 is 0.977 bits per heavy atom. The van der Waals surface area contributed by atoms with Gasteiger partial charge in [-0.1, -0.05) is 76.6 Å². The number of aryl methyl sites for hydroxylation is 1. The van der Waals surface area contributed by atoms with Crippen LogP contribution in [-0.2, 0) is 5.41 Å². The first kappa shape index (κ1) is 28.5. The van der Waals surface area contributed by atoms with E-state index in [1.165, 1.54) is 0 Å². The molecular weight excluding hydrogens is 538 g/mol. The summed E-state index contributed by atoms with van der Waals surface area (Å²) in [6.45, 7) is 12.6. The van der Waals surface area contributed by atoms with E-state index in [0.717, 1.165) is 58.1 Å². The number of hydrogen-bond donors (Lipinski definition) is 2. The average Bonchev–Trinajstić information content (AvgIpc) is 3.59. The zero-order valence-corrected chi connectivity index (χ0v) is 25.6. The fourth-order valence-electron chi connectivity index (χ4n) is 5.57. The number of anilines is 1. The van der Waals surface area contributed by atoms with Gasteiger partial charge in [-0.15, -0.1) is 10.2 Å². The topological polar surface area (TPSA) is 98.4 Å². The Kier molecular flexibility index (Phi) is 7.42. The van der Waals surface area contributed by atoms with Crippen LogP contribution in [0.3, 0.4) is 0 Å². The molecule has 3 heterocycles. The summed E-state index contributed by atoms with van der Waals surface area (Å²) in [5.74, 6) is 2.53. The lowest BCUT2D eigenvalue weighted by Gasteiger charge is -2.32. The minimum Gasteiger partial charge on any atom is -0.484 e. The Balaban J connectivity index is 1.21. The summed E-state index contributed by atoms with van der Waals surface area (Å²) in [4.78, 5) is 13.4. The van der Waals surface area contributed by atoms with Gasteiger partial charge in [-0.3, -0.25) is 9.72 Å². The molecule has 2 amide bonds. The number of pyridine rings is 1. The number of aromatic nitrogens is 5. The number of hydrogen-bond acceptors (Lipinski definition) is 5. The van der Waals surface area contributed by atoms with Gasteiger partial charge in [-0.05, 0) is 55.2 Å². The van der Waals surface area contributed by atoms with E-state index >= 15 is 0 Å². The predicted octanol–water partition coefficient (Wildman–Crippen LogP) is 7.42. The largest absolute Gasteiger partial charge is 0.484 e. The van der Waals surface area contributed by atoms with E-state index in [-0.39, 0.29) is 29.5 Å². The second kappa shape index (κ2) is 11.2. The number of benzene rings is 2. The number of urea groups is 1. The molecule has 2 aromatic carbocycles. The first-order valence-corrected chi connectivity index (χ1v) is 14.9. The molecule has 0 spiro atoms. The van der Waals surface area contributed by atoms with Crippen molar-refractivity contribution in [2.75, 3.05) is 5.32 Å². The predicted molar refractivity (Wildman–Crippen MR) is 168 cm³/mol. The summed E-state index contributed by atoms with van der Waals surface area (Å²) in [6, 6.07) is 21.7. The van der Waals surface area contributed by atoms with Gasteiger partial charge in [0.25, 0.3) is 0 Å². The lowest BCUT2D eigenvalue weighted by Crippen LogP contribution is -2.36. The second-order valence-electron chi connectivity index (χ2n) is 12.7. The highest BCUT2D eigenvalue weighted by atomic mass is 16.5. The number of carbonyl (C=O) groups excluding carboxylic acids is 1. The summed E-state index contributed by atoms with van der Waals surface area (Å²) < 4.78 is 10.3. The molecule has 2 atom stereocenters. The number of amides is 2. The monoisotopic (exact) mass is 577 g/mol. The molecule has 0 saturated heterocycles. The summed E-state index contributed by atoms with van der Waals surface area (Å²) in [5.41, 5.74) is 5.72. The van der Waals surface area contributed by atoms with E-state index in [9.17, 15) is 4.79 Å². The summed E-state index contributed by atoms with van der Waals surface area (Å²) in [5, 5.41) is 19.7. The van der Waals surface area contributed by atoms with Crippen LogP contribution in [0, 0.1) is 6.92 Å². The standard InChI is InChI=1S/C34H39N7O2/c1-21(2)32-38-37-30-18-15-24(20-40(30)32)43-28-17-16-27(25-9-7-8-10-26(25)28)35-33(42)36-31-19-29(34(4,5)6)39-41(31)23-13-11-22(3)12-14-23/h7-15,18-21,27-28H,16-17H2,1-6H3,(H2,35,36,42)/t27-,28+/m1/s1. The van der Waals surface area contributed by atoms with Crippen molar-refractivity contribution >= 4 is 17.5 Å². The van der Waals surface area contributed by atoms with Crippen molar-refractivity contribution in [1.29, 1.82) is 0 Å². The fraction of sp³-hybridized carbons (Fsp3) is 0.353. The van der Waals surface area contributed by atoms with Crippen LogP contribution < -0.4 is 15.4 Å². The van der Waals surface area contributed by atoms with E-state index in [1.807, 2.05) is 65.2 Å². The molecule has 0 aliphatic heterocycles. The van der Waals surface area contributed by atoms with Gasteiger partial charge < -0.3 is 10.1 Å². The molecule has 222 valence electrons. The third-order valence-electron chi connectivity index (χ3n) is 7.94. The van der Waals surface area contributed by atoms with Crippen LogP contribution in [0.15, 0.2) is 72.9 Å². The van der Waals surface area contributed by atoms with E-state index in [1.54, 1.807) is 4.68 Å². The van der Waals surface area contributed by atoms with Crippen molar-refractivity contribution in [2.24, 2.45) is 0 Å². The number of nitrogens with zero attached hydrogens (tertiary/aromatic N) is 5. The van der Waals surface area contributed by atoms with Crippen LogP contribution in [0.2, 0.25) is 0 Å². The molecule has 6 rings (SSSR count). The minimum absolute atomic E-state index is 0.133. The maximum Gasteiger partial charge on any atom is 0.320 e. The zero-order valence-electron chi connectivity index (χ0n) is 25.6. The van der Waals surface area contributed by atoms with Gasteiger partial charge in [-0.2, -0.15) is 5.10 Å². The van der Waals surface area contributed by atoms with E-state index in [2.05, 4.69) is 74.5 Å². The van der Waals surface area contributed by atoms with Crippen molar-refractivity contribution in [3.63, 3.8) is 0 Å². The van der Waals surface area contributed by atoms with Crippen LogP contribution in [-0.4, -0.2) is 30.4 Å². The van der Waals surface area contributed by atoms with Crippen LogP contribution in [0.5, 0.6) is 5.75 Å². The highest BCUT2D eigenvalue weighted by Gasteiger charge is 2.30. The van der Waals surface area contributed by atoms with Crippen LogP contribution in [0.4, 0.5) is 10.6 Å². The van der Waals surface area contributed by atoms with Gasteiger partial charge in [0.15, 0.2) is 5.65 Å². The lowest BCUT2D eigenvalue weighted by molar-refractivity contribution is 0.171. The molecule has 0 radical (unpaired) electrons. The number of fused-ring (bicyclic) bond motifs is 2. The minimum atomic E-state index is -0.271. The average molecular weight is 578 g/mol. The highest BCUT2D eigenvalue weighted by Crippen LogP contribution is 2.39. The van der Waals surface area contributed by atoms with Gasteiger partial charge in [0.2, 0.25) is 0 Å². The van der Waals surface area contributed by atoms with Gasteiger partial charge >= 0.3 is 6.03 Å². The molecule has 1 aliphatic rings. The number of ether oxygens (including phenoxy) is 1. The molecule has 0 bridgehead atoms. The maximum absolute atomic E-state index is 13.4. The molecule has 1 aliphatic carbocycles. The molecule has 0 saturated carbocycles. The summed E-state index contributed by atoms with van der Waals surface area (Å²) in [7, 11) is 0. The first-order valence-electron chi connectivity index (χ1n) is 14.9. The molecule has 3 aromatic heterocycles. The SMILES string of the molecule is Cc1ccc(-n2nc(C(C)(C)C)cc2NC(=O)N[C@@H]2CC[C@H](Oc3ccc4nnc(C(C)C)n4c3)c3ccccc32)cc1. The van der Waals surface area contributed by atoms with Crippen LogP contribution in [0.25, 0.3) is 11.3 Å². The molecule has 0 fully saturated rings. The molecule has 9 nitrogen and oxygen atoms in total. The smallest absolute Gasteiger partial charge is 0.320 e. The Morgan fingerprint density at radius 3 is 2.44 bits per heavy atom. The van der Waals surface area contributed by atoms with Gasteiger partial charge in [-0.25, -0.2) is 9.48 Å².